The largest absolute Gasteiger partial charge is 0.494 e. The Morgan fingerprint density at radius 1 is 1.26 bits per heavy atom. The Bertz CT molecular complexity index is 429. The van der Waals surface area contributed by atoms with Crippen molar-refractivity contribution in [1.29, 1.82) is 0 Å². The lowest BCUT2D eigenvalue weighted by Crippen LogP contribution is -2.30. The van der Waals surface area contributed by atoms with Crippen LogP contribution in [-0.4, -0.2) is 35.3 Å². The summed E-state index contributed by atoms with van der Waals surface area (Å²) in [7, 11) is 0. The molecule has 1 unspecified atom stereocenters. The summed E-state index contributed by atoms with van der Waals surface area (Å²) >= 11 is 0. The van der Waals surface area contributed by atoms with E-state index in [4.69, 9.17) is 14.9 Å². The summed E-state index contributed by atoms with van der Waals surface area (Å²) in [5.74, 6) is -1.35. The van der Waals surface area contributed by atoms with Crippen molar-refractivity contribution in [3.8, 4) is 5.75 Å². The number of aliphatic carboxylic acids is 2. The second kappa shape index (κ2) is 7.38. The number of nitrogens with one attached hydrogen (secondary N) is 1. The lowest BCUT2D eigenvalue weighted by Gasteiger charge is -2.14. The van der Waals surface area contributed by atoms with E-state index in [0.29, 0.717) is 17.9 Å². The Hall–Kier alpha value is -2.08. The van der Waals surface area contributed by atoms with Gasteiger partial charge in [-0.15, -0.1) is 0 Å². The summed E-state index contributed by atoms with van der Waals surface area (Å²) in [6.07, 6.45) is -0.124. The van der Waals surface area contributed by atoms with Crippen LogP contribution >= 0.6 is 0 Å². The Balaban J connectivity index is 2.69. The number of ether oxygens (including phenoxy) is 1. The average molecular weight is 267 g/mol. The van der Waals surface area contributed by atoms with Crippen LogP contribution in [0.4, 0.5) is 0 Å². The molecule has 1 aromatic carbocycles. The first-order valence-electron chi connectivity index (χ1n) is 5.95. The van der Waals surface area contributed by atoms with Gasteiger partial charge in [0.05, 0.1) is 13.0 Å². The molecule has 0 amide bonds. The molecule has 0 aliphatic heterocycles. The van der Waals surface area contributed by atoms with E-state index in [1.54, 1.807) is 24.3 Å². The monoisotopic (exact) mass is 267 g/mol. The fraction of sp³-hybridized carbons (Fsp3) is 0.385. The van der Waals surface area contributed by atoms with Crippen molar-refractivity contribution in [2.45, 2.75) is 19.4 Å². The Labute approximate surface area is 111 Å². The van der Waals surface area contributed by atoms with Crippen LogP contribution in [0, 0.1) is 0 Å². The van der Waals surface area contributed by atoms with Gasteiger partial charge in [-0.25, -0.2) is 0 Å². The number of hydrogen-bond donors (Lipinski definition) is 3. The number of benzene rings is 1. The molecule has 3 N–H and O–H groups in total. The fourth-order valence-corrected chi connectivity index (χ4v) is 1.59. The smallest absolute Gasteiger partial charge is 0.325 e. The topological polar surface area (TPSA) is 95.9 Å². The molecule has 6 heteroatoms. The second-order valence-electron chi connectivity index (χ2n) is 3.87. The Kier molecular flexibility index (Phi) is 5.81. The molecular weight excluding hydrogens is 250 g/mol. The van der Waals surface area contributed by atoms with E-state index in [1.807, 2.05) is 6.92 Å². The zero-order valence-corrected chi connectivity index (χ0v) is 10.6. The molecule has 0 bridgehead atoms. The molecule has 6 nitrogen and oxygen atoms in total. The van der Waals surface area contributed by atoms with Crippen molar-refractivity contribution in [2.24, 2.45) is 0 Å². The molecule has 0 aliphatic rings. The minimum atomic E-state index is -1.05. The van der Waals surface area contributed by atoms with E-state index < -0.39 is 18.0 Å². The van der Waals surface area contributed by atoms with Gasteiger partial charge in [0.15, 0.2) is 0 Å². The van der Waals surface area contributed by atoms with E-state index in [-0.39, 0.29) is 13.0 Å². The zero-order valence-electron chi connectivity index (χ0n) is 10.6. The van der Waals surface area contributed by atoms with Crippen LogP contribution in [0.3, 0.4) is 0 Å². The maximum Gasteiger partial charge on any atom is 0.325 e. The third-order valence-electron chi connectivity index (χ3n) is 2.46. The van der Waals surface area contributed by atoms with Gasteiger partial charge in [0.25, 0.3) is 0 Å². The van der Waals surface area contributed by atoms with E-state index in [0.717, 1.165) is 0 Å². The number of rotatable bonds is 8. The van der Waals surface area contributed by atoms with E-state index in [9.17, 15) is 9.59 Å². The minimum absolute atomic E-state index is 0.0967. The standard InChI is InChI=1S/C13H17NO5/c1-2-19-10-5-3-9(4-6-10)12(13(17)18)14-8-7-11(15)16/h3-6,12,14H,2,7-8H2,1H3,(H,15,16)(H,17,18). The van der Waals surface area contributed by atoms with Gasteiger partial charge < -0.3 is 20.3 Å². The first-order valence-corrected chi connectivity index (χ1v) is 5.95. The average Bonchev–Trinajstić information content (AvgIpc) is 2.35. The highest BCUT2D eigenvalue weighted by Gasteiger charge is 2.19. The quantitative estimate of drug-likeness (QED) is 0.656. The first kappa shape index (κ1) is 15.0. The molecular formula is C13H17NO5. The van der Waals surface area contributed by atoms with Crippen LogP contribution < -0.4 is 10.1 Å². The van der Waals surface area contributed by atoms with E-state index >= 15 is 0 Å². The lowest BCUT2D eigenvalue weighted by atomic mass is 10.1. The summed E-state index contributed by atoms with van der Waals surface area (Å²) in [6, 6.07) is 5.76. The van der Waals surface area contributed by atoms with Gasteiger partial charge in [-0.2, -0.15) is 0 Å². The summed E-state index contributed by atoms with van der Waals surface area (Å²) in [6.45, 7) is 2.50. The van der Waals surface area contributed by atoms with Crippen molar-refractivity contribution in [2.75, 3.05) is 13.2 Å². The van der Waals surface area contributed by atoms with Crippen LogP contribution in [0.2, 0.25) is 0 Å². The molecule has 0 fully saturated rings. The van der Waals surface area contributed by atoms with Crippen LogP contribution in [-0.2, 0) is 9.59 Å². The highest BCUT2D eigenvalue weighted by Crippen LogP contribution is 2.18. The van der Waals surface area contributed by atoms with E-state index in [2.05, 4.69) is 5.32 Å². The zero-order chi connectivity index (χ0) is 14.3. The normalized spacial score (nSPS) is 11.8. The molecule has 0 radical (unpaired) electrons. The maximum atomic E-state index is 11.1. The molecule has 0 aromatic heterocycles. The number of carboxylic acid groups (broad SMARTS) is 2. The highest BCUT2D eigenvalue weighted by atomic mass is 16.5. The van der Waals surface area contributed by atoms with Gasteiger partial charge >= 0.3 is 11.9 Å². The van der Waals surface area contributed by atoms with Gasteiger partial charge in [0.1, 0.15) is 11.8 Å². The molecule has 0 heterocycles. The lowest BCUT2D eigenvalue weighted by molar-refractivity contribution is -0.141. The van der Waals surface area contributed by atoms with Crippen molar-refractivity contribution < 1.29 is 24.5 Å². The summed E-state index contributed by atoms with van der Waals surface area (Å²) in [4.78, 5) is 21.5. The van der Waals surface area contributed by atoms with Gasteiger partial charge in [-0.1, -0.05) is 12.1 Å². The van der Waals surface area contributed by atoms with Crippen LogP contribution in [0.1, 0.15) is 24.9 Å². The summed E-state index contributed by atoms with van der Waals surface area (Å²) in [5, 5.41) is 20.3. The number of carboxylic acids is 2. The molecule has 104 valence electrons. The van der Waals surface area contributed by atoms with Crippen LogP contribution in [0.15, 0.2) is 24.3 Å². The molecule has 1 rings (SSSR count). The SMILES string of the molecule is CCOc1ccc(C(NCCC(=O)O)C(=O)O)cc1. The molecule has 0 spiro atoms. The van der Waals surface area contributed by atoms with Gasteiger partial charge in [-0.3, -0.25) is 9.59 Å². The number of carbonyl (C=O) groups is 2. The molecule has 0 aliphatic carbocycles. The molecule has 1 aromatic rings. The Morgan fingerprint density at radius 3 is 2.37 bits per heavy atom. The van der Waals surface area contributed by atoms with Crippen molar-refractivity contribution in [1.82, 2.24) is 5.32 Å². The van der Waals surface area contributed by atoms with Gasteiger partial charge in [-0.05, 0) is 24.6 Å². The van der Waals surface area contributed by atoms with Crippen LogP contribution in [0.25, 0.3) is 0 Å². The first-order chi connectivity index (χ1) is 9.04. The predicted molar refractivity (Wildman–Crippen MR) is 68.2 cm³/mol. The molecule has 1 atom stereocenters. The second-order valence-corrected chi connectivity index (χ2v) is 3.87. The Morgan fingerprint density at radius 2 is 1.89 bits per heavy atom. The molecule has 0 saturated heterocycles. The summed E-state index contributed by atoms with van der Waals surface area (Å²) in [5.41, 5.74) is 0.557. The van der Waals surface area contributed by atoms with Gasteiger partial charge in [0, 0.05) is 6.54 Å². The van der Waals surface area contributed by atoms with Crippen molar-refractivity contribution in [3.05, 3.63) is 29.8 Å². The molecule has 19 heavy (non-hydrogen) atoms. The fourth-order valence-electron chi connectivity index (χ4n) is 1.59. The third kappa shape index (κ3) is 4.97. The molecule has 0 saturated carbocycles. The highest BCUT2D eigenvalue weighted by molar-refractivity contribution is 5.75. The minimum Gasteiger partial charge on any atom is -0.494 e. The predicted octanol–water partition coefficient (Wildman–Crippen LogP) is 1.28. The maximum absolute atomic E-state index is 11.1. The van der Waals surface area contributed by atoms with E-state index in [1.165, 1.54) is 0 Å². The summed E-state index contributed by atoms with van der Waals surface area (Å²) < 4.78 is 5.27. The van der Waals surface area contributed by atoms with Crippen molar-refractivity contribution in [3.63, 3.8) is 0 Å². The van der Waals surface area contributed by atoms with Crippen molar-refractivity contribution >= 4 is 11.9 Å². The van der Waals surface area contributed by atoms with Crippen LogP contribution in [0.5, 0.6) is 5.75 Å². The number of hydrogen-bond acceptors (Lipinski definition) is 4. The van der Waals surface area contributed by atoms with Gasteiger partial charge in [0.2, 0.25) is 0 Å². The third-order valence-corrected chi connectivity index (χ3v) is 2.46.